The summed E-state index contributed by atoms with van der Waals surface area (Å²) in [6.07, 6.45) is 1.31. The van der Waals surface area contributed by atoms with E-state index in [0.717, 1.165) is 19.6 Å². The van der Waals surface area contributed by atoms with Crippen LogP contribution in [0.4, 0.5) is 0 Å². The summed E-state index contributed by atoms with van der Waals surface area (Å²) in [6.45, 7) is 1.83. The van der Waals surface area contributed by atoms with Crippen LogP contribution in [0, 0.1) is 0 Å². The van der Waals surface area contributed by atoms with Gasteiger partial charge in [0.1, 0.15) is 6.10 Å². The largest absolute Gasteiger partial charge is 0.371 e. The van der Waals surface area contributed by atoms with Crippen molar-refractivity contribution < 1.29 is 4.74 Å². The number of hydrogen-bond donors (Lipinski definition) is 0. The Morgan fingerprint density at radius 2 is 2.18 bits per heavy atom. The first kappa shape index (κ1) is 11.2. The van der Waals surface area contributed by atoms with Gasteiger partial charge >= 0.3 is 0 Å². The molecule has 0 amide bonds. The molecule has 0 aliphatic carbocycles. The zero-order valence-corrected chi connectivity index (χ0v) is 11.1. The molecule has 0 bridgehead atoms. The van der Waals surface area contributed by atoms with Crippen molar-refractivity contribution in [1.82, 2.24) is 4.90 Å². The molecule has 0 spiro atoms. The Labute approximate surface area is 106 Å². The molecule has 1 aliphatic heterocycles. The van der Waals surface area contributed by atoms with E-state index in [2.05, 4.69) is 43.3 Å². The molecule has 1 unspecified atom stereocenters. The summed E-state index contributed by atoms with van der Waals surface area (Å²) in [5, 5.41) is 1.43. The van der Waals surface area contributed by atoms with Crippen molar-refractivity contribution in [2.24, 2.45) is 0 Å². The van der Waals surface area contributed by atoms with Crippen LogP contribution >= 0.6 is 11.3 Å². The van der Waals surface area contributed by atoms with Crippen molar-refractivity contribution in [2.75, 3.05) is 27.2 Å². The third kappa shape index (κ3) is 1.99. The molecule has 17 heavy (non-hydrogen) atoms. The number of hydrogen-bond acceptors (Lipinski definition) is 3. The van der Waals surface area contributed by atoms with Gasteiger partial charge in [-0.15, -0.1) is 11.3 Å². The van der Waals surface area contributed by atoms with Crippen LogP contribution in [-0.4, -0.2) is 32.1 Å². The maximum absolute atomic E-state index is 5.91. The number of thiophene rings is 1. The highest BCUT2D eigenvalue weighted by Crippen LogP contribution is 2.39. The molecule has 90 valence electrons. The van der Waals surface area contributed by atoms with Gasteiger partial charge in [0.2, 0.25) is 0 Å². The van der Waals surface area contributed by atoms with Crippen molar-refractivity contribution in [3.05, 3.63) is 34.7 Å². The number of likely N-dealkylation sites (N-methyl/N-ethyl adjacent to an activating group) is 1. The van der Waals surface area contributed by atoms with Crippen LogP contribution in [0.2, 0.25) is 0 Å². The van der Waals surface area contributed by atoms with E-state index in [4.69, 9.17) is 4.74 Å². The molecule has 2 aromatic rings. The zero-order valence-electron chi connectivity index (χ0n) is 10.3. The standard InChI is InChI=1S/C14H17NOS/c1-15(2)9-12-14-11(7-8-16-12)10-5-3-4-6-13(10)17-14/h3-6,12H,7-9H2,1-2H3. The summed E-state index contributed by atoms with van der Waals surface area (Å²) >= 11 is 1.90. The molecular formula is C14H17NOS. The average Bonchev–Trinajstić information content (AvgIpc) is 2.68. The number of rotatable bonds is 2. The minimum Gasteiger partial charge on any atom is -0.371 e. The third-order valence-electron chi connectivity index (χ3n) is 3.22. The smallest absolute Gasteiger partial charge is 0.105 e. The molecule has 0 saturated carbocycles. The van der Waals surface area contributed by atoms with E-state index in [9.17, 15) is 0 Å². The Kier molecular flexibility index (Phi) is 2.90. The van der Waals surface area contributed by atoms with E-state index in [1.807, 2.05) is 11.3 Å². The van der Waals surface area contributed by atoms with Gasteiger partial charge in [0.15, 0.2) is 0 Å². The molecule has 0 saturated heterocycles. The summed E-state index contributed by atoms with van der Waals surface area (Å²) < 4.78 is 7.31. The Balaban J connectivity index is 2.07. The van der Waals surface area contributed by atoms with Crippen LogP contribution in [0.1, 0.15) is 16.5 Å². The van der Waals surface area contributed by atoms with Gasteiger partial charge in [0.05, 0.1) is 6.61 Å². The second-order valence-electron chi connectivity index (χ2n) is 4.81. The van der Waals surface area contributed by atoms with Crippen molar-refractivity contribution >= 4 is 21.4 Å². The van der Waals surface area contributed by atoms with Crippen LogP contribution in [0.15, 0.2) is 24.3 Å². The van der Waals surface area contributed by atoms with Crippen LogP contribution in [0.3, 0.4) is 0 Å². The fourth-order valence-electron chi connectivity index (χ4n) is 2.48. The van der Waals surface area contributed by atoms with Crippen molar-refractivity contribution in [2.45, 2.75) is 12.5 Å². The maximum Gasteiger partial charge on any atom is 0.105 e. The summed E-state index contributed by atoms with van der Waals surface area (Å²) in [4.78, 5) is 3.63. The fraction of sp³-hybridized carbons (Fsp3) is 0.429. The Morgan fingerprint density at radius 1 is 1.35 bits per heavy atom. The Bertz CT molecular complexity index is 532. The van der Waals surface area contributed by atoms with Gasteiger partial charge in [-0.1, -0.05) is 18.2 Å². The van der Waals surface area contributed by atoms with Crippen molar-refractivity contribution in [1.29, 1.82) is 0 Å². The second-order valence-corrected chi connectivity index (χ2v) is 5.90. The first-order chi connectivity index (χ1) is 8.25. The third-order valence-corrected chi connectivity index (χ3v) is 4.53. The number of nitrogens with zero attached hydrogens (tertiary/aromatic N) is 1. The lowest BCUT2D eigenvalue weighted by Gasteiger charge is -2.25. The highest BCUT2D eigenvalue weighted by atomic mass is 32.1. The minimum atomic E-state index is 0.256. The molecule has 1 aromatic heterocycles. The Morgan fingerprint density at radius 3 is 3.00 bits per heavy atom. The van der Waals surface area contributed by atoms with Gasteiger partial charge in [0.25, 0.3) is 0 Å². The maximum atomic E-state index is 5.91. The lowest BCUT2D eigenvalue weighted by molar-refractivity contribution is 0.0286. The topological polar surface area (TPSA) is 12.5 Å². The van der Waals surface area contributed by atoms with Gasteiger partial charge in [-0.2, -0.15) is 0 Å². The molecular weight excluding hydrogens is 230 g/mol. The quantitative estimate of drug-likeness (QED) is 0.808. The summed E-state index contributed by atoms with van der Waals surface area (Å²) in [5.41, 5.74) is 1.52. The molecule has 0 N–H and O–H groups in total. The number of benzene rings is 1. The van der Waals surface area contributed by atoms with Gasteiger partial charge < -0.3 is 9.64 Å². The van der Waals surface area contributed by atoms with E-state index in [1.165, 1.54) is 20.5 Å². The zero-order chi connectivity index (χ0) is 11.8. The normalized spacial score (nSPS) is 19.8. The second kappa shape index (κ2) is 4.41. The van der Waals surface area contributed by atoms with Gasteiger partial charge in [-0.05, 0) is 37.5 Å². The van der Waals surface area contributed by atoms with E-state index >= 15 is 0 Å². The molecule has 2 heterocycles. The predicted molar refractivity (Wildman–Crippen MR) is 72.8 cm³/mol. The Hall–Kier alpha value is -0.900. The molecule has 0 radical (unpaired) electrons. The lowest BCUT2D eigenvalue weighted by Crippen LogP contribution is -2.25. The molecule has 3 heteroatoms. The van der Waals surface area contributed by atoms with E-state index in [1.54, 1.807) is 0 Å². The van der Waals surface area contributed by atoms with Crippen LogP contribution in [-0.2, 0) is 11.2 Å². The summed E-state index contributed by atoms with van der Waals surface area (Å²) in [7, 11) is 4.20. The van der Waals surface area contributed by atoms with Crippen molar-refractivity contribution in [3.63, 3.8) is 0 Å². The highest BCUT2D eigenvalue weighted by molar-refractivity contribution is 7.19. The minimum absolute atomic E-state index is 0.256. The molecule has 0 fully saturated rings. The van der Waals surface area contributed by atoms with Gasteiger partial charge in [0, 0.05) is 16.1 Å². The molecule has 1 aromatic carbocycles. The number of fused-ring (bicyclic) bond motifs is 3. The van der Waals surface area contributed by atoms with Crippen molar-refractivity contribution in [3.8, 4) is 0 Å². The predicted octanol–water partition coefficient (Wildman–Crippen LogP) is 3.08. The average molecular weight is 247 g/mol. The first-order valence-electron chi connectivity index (χ1n) is 6.02. The van der Waals surface area contributed by atoms with Gasteiger partial charge in [-0.3, -0.25) is 0 Å². The highest BCUT2D eigenvalue weighted by Gasteiger charge is 2.25. The summed E-state index contributed by atoms with van der Waals surface area (Å²) in [6, 6.07) is 8.70. The van der Waals surface area contributed by atoms with Gasteiger partial charge in [-0.25, -0.2) is 0 Å². The lowest BCUT2D eigenvalue weighted by atomic mass is 10.0. The monoisotopic (exact) mass is 247 g/mol. The summed E-state index contributed by atoms with van der Waals surface area (Å²) in [5.74, 6) is 0. The van der Waals surface area contributed by atoms with E-state index in [0.29, 0.717) is 0 Å². The first-order valence-corrected chi connectivity index (χ1v) is 6.84. The van der Waals surface area contributed by atoms with Crippen LogP contribution in [0.25, 0.3) is 10.1 Å². The SMILES string of the molecule is CN(C)CC1OCCc2c1sc1ccccc21. The van der Waals surface area contributed by atoms with E-state index in [-0.39, 0.29) is 6.10 Å². The fourth-order valence-corrected chi connectivity index (χ4v) is 3.78. The molecule has 2 nitrogen and oxygen atoms in total. The molecule has 3 rings (SSSR count). The molecule has 1 atom stereocenters. The molecule has 1 aliphatic rings. The van der Waals surface area contributed by atoms with Crippen LogP contribution < -0.4 is 0 Å². The van der Waals surface area contributed by atoms with E-state index < -0.39 is 0 Å². The number of ether oxygens (including phenoxy) is 1. The van der Waals surface area contributed by atoms with Crippen LogP contribution in [0.5, 0.6) is 0 Å².